The molecule has 0 atom stereocenters. The molecule has 2 heterocycles. The summed E-state index contributed by atoms with van der Waals surface area (Å²) in [6, 6.07) is 5.98. The van der Waals surface area contributed by atoms with Crippen LogP contribution < -0.4 is 10.9 Å². The fourth-order valence-corrected chi connectivity index (χ4v) is 1.51. The van der Waals surface area contributed by atoms with E-state index in [0.717, 1.165) is 6.26 Å². The molecule has 5 nitrogen and oxygen atoms in total. The van der Waals surface area contributed by atoms with Crippen molar-refractivity contribution < 1.29 is 9.21 Å². The van der Waals surface area contributed by atoms with Gasteiger partial charge in [-0.15, -0.1) is 0 Å². The molecule has 0 aliphatic heterocycles. The van der Waals surface area contributed by atoms with Crippen LogP contribution in [-0.2, 0) is 0 Å². The maximum Gasteiger partial charge on any atom is 0.335 e. The van der Waals surface area contributed by atoms with Crippen molar-refractivity contribution in [1.29, 1.82) is 0 Å². The summed E-state index contributed by atoms with van der Waals surface area (Å²) in [7, 11) is 0. The first-order valence-electron chi connectivity index (χ1n) is 4.67. The van der Waals surface area contributed by atoms with Gasteiger partial charge in [-0.1, -0.05) is 0 Å². The Hall–Kier alpha value is -1.95. The Labute approximate surface area is 105 Å². The fraction of sp³-hybridized carbons (Fsp3) is 0. The Kier molecular flexibility index (Phi) is 3.34. The molecule has 0 unspecified atom stereocenters. The molecule has 0 aromatic carbocycles. The Morgan fingerprint density at radius 2 is 2.18 bits per heavy atom. The molecule has 2 aromatic heterocycles. The summed E-state index contributed by atoms with van der Waals surface area (Å²) in [4.78, 5) is 26.5. The number of anilines is 1. The second-order valence-corrected chi connectivity index (χ2v) is 3.89. The minimum Gasteiger partial charge on any atom is -0.430 e. The number of hydrogen-bond acceptors (Lipinski definition) is 4. The topological polar surface area (TPSA) is 72.2 Å². The van der Waals surface area contributed by atoms with Crippen LogP contribution in [-0.4, -0.2) is 10.9 Å². The molecule has 0 spiro atoms. The average molecular weight is 295 g/mol. The zero-order chi connectivity index (χ0) is 12.3. The van der Waals surface area contributed by atoms with Gasteiger partial charge in [0.05, 0.1) is 11.3 Å². The lowest BCUT2D eigenvalue weighted by atomic mass is 10.3. The highest BCUT2D eigenvalue weighted by atomic mass is 79.9. The van der Waals surface area contributed by atoms with Crippen molar-refractivity contribution >= 4 is 27.5 Å². The van der Waals surface area contributed by atoms with Crippen LogP contribution in [0.2, 0.25) is 0 Å². The van der Waals surface area contributed by atoms with E-state index in [0.29, 0.717) is 10.3 Å². The number of aromatic nitrogens is 1. The molecule has 1 N–H and O–H groups in total. The smallest absolute Gasteiger partial charge is 0.335 e. The Bertz CT molecular complexity index is 589. The Morgan fingerprint density at radius 3 is 2.82 bits per heavy atom. The first-order chi connectivity index (χ1) is 8.16. The van der Waals surface area contributed by atoms with Gasteiger partial charge in [0, 0.05) is 12.3 Å². The Morgan fingerprint density at radius 1 is 1.35 bits per heavy atom. The third-order valence-corrected chi connectivity index (χ3v) is 2.60. The van der Waals surface area contributed by atoms with E-state index in [2.05, 4.69) is 30.6 Å². The monoisotopic (exact) mass is 294 g/mol. The highest BCUT2D eigenvalue weighted by Gasteiger charge is 2.08. The SMILES string of the molecule is O=C(Nc1cccnc1Br)c1ccc(=O)oc1. The summed E-state index contributed by atoms with van der Waals surface area (Å²) >= 11 is 3.21. The lowest BCUT2D eigenvalue weighted by Gasteiger charge is -2.05. The summed E-state index contributed by atoms with van der Waals surface area (Å²) in [5, 5.41) is 2.64. The standard InChI is InChI=1S/C11H7BrN2O3/c12-10-8(2-1-5-13-10)14-11(16)7-3-4-9(15)17-6-7/h1-6H,(H,14,16). The van der Waals surface area contributed by atoms with E-state index in [1.807, 2.05) is 0 Å². The summed E-state index contributed by atoms with van der Waals surface area (Å²) < 4.78 is 5.14. The van der Waals surface area contributed by atoms with Crippen molar-refractivity contribution in [1.82, 2.24) is 4.98 Å². The first-order valence-corrected chi connectivity index (χ1v) is 5.47. The fourth-order valence-electron chi connectivity index (χ4n) is 1.16. The highest BCUT2D eigenvalue weighted by molar-refractivity contribution is 9.10. The number of rotatable bonds is 2. The molecule has 0 bridgehead atoms. The molecular weight excluding hydrogens is 288 g/mol. The molecule has 1 amide bonds. The lowest BCUT2D eigenvalue weighted by Crippen LogP contribution is -2.13. The maximum atomic E-state index is 11.8. The third kappa shape index (κ3) is 2.79. The van der Waals surface area contributed by atoms with E-state index in [9.17, 15) is 9.59 Å². The van der Waals surface area contributed by atoms with Crippen LogP contribution in [0.5, 0.6) is 0 Å². The first kappa shape index (κ1) is 11.5. The van der Waals surface area contributed by atoms with Gasteiger partial charge in [-0.25, -0.2) is 9.78 Å². The van der Waals surface area contributed by atoms with Crippen molar-refractivity contribution in [2.45, 2.75) is 0 Å². The van der Waals surface area contributed by atoms with Crippen LogP contribution in [0.25, 0.3) is 0 Å². The van der Waals surface area contributed by atoms with Gasteiger partial charge >= 0.3 is 5.63 Å². The third-order valence-electron chi connectivity index (χ3n) is 1.97. The normalized spacial score (nSPS) is 9.94. The summed E-state index contributed by atoms with van der Waals surface area (Å²) in [5.41, 5.74) is 0.313. The molecule has 2 aromatic rings. The lowest BCUT2D eigenvalue weighted by molar-refractivity contribution is 0.102. The molecule has 2 rings (SSSR count). The number of nitrogens with one attached hydrogen (secondary N) is 1. The number of carbonyl (C=O) groups excluding carboxylic acids is 1. The summed E-state index contributed by atoms with van der Waals surface area (Å²) in [6.45, 7) is 0. The Balaban J connectivity index is 2.20. The second-order valence-electron chi connectivity index (χ2n) is 3.14. The largest absolute Gasteiger partial charge is 0.430 e. The van der Waals surface area contributed by atoms with Crippen LogP contribution in [0.4, 0.5) is 5.69 Å². The molecule has 0 aliphatic rings. The van der Waals surface area contributed by atoms with E-state index in [1.54, 1.807) is 18.3 Å². The quantitative estimate of drug-likeness (QED) is 0.861. The van der Waals surface area contributed by atoms with E-state index < -0.39 is 5.63 Å². The molecule has 0 saturated heterocycles. The van der Waals surface area contributed by atoms with Crippen molar-refractivity contribution in [2.75, 3.05) is 5.32 Å². The summed E-state index contributed by atoms with van der Waals surface area (Å²) in [5.74, 6) is -0.373. The van der Waals surface area contributed by atoms with Gasteiger partial charge < -0.3 is 9.73 Å². The molecule has 6 heteroatoms. The van der Waals surface area contributed by atoms with Crippen LogP contribution in [0.1, 0.15) is 10.4 Å². The number of carbonyl (C=O) groups is 1. The molecule has 0 radical (unpaired) electrons. The van der Waals surface area contributed by atoms with Crippen molar-refractivity contribution in [2.24, 2.45) is 0 Å². The zero-order valence-corrected chi connectivity index (χ0v) is 10.1. The molecular formula is C11H7BrN2O3. The van der Waals surface area contributed by atoms with Gasteiger partial charge in [-0.2, -0.15) is 0 Å². The van der Waals surface area contributed by atoms with Crippen LogP contribution in [0.15, 0.2) is 50.5 Å². The van der Waals surface area contributed by atoms with Gasteiger partial charge in [0.15, 0.2) is 0 Å². The molecule has 86 valence electrons. The molecule has 17 heavy (non-hydrogen) atoms. The van der Waals surface area contributed by atoms with Gasteiger partial charge in [-0.3, -0.25) is 4.79 Å². The predicted molar refractivity (Wildman–Crippen MR) is 64.9 cm³/mol. The van der Waals surface area contributed by atoms with E-state index >= 15 is 0 Å². The van der Waals surface area contributed by atoms with Crippen molar-refractivity contribution in [3.05, 3.63) is 57.3 Å². The predicted octanol–water partition coefficient (Wildman–Crippen LogP) is 2.05. The zero-order valence-electron chi connectivity index (χ0n) is 8.51. The molecule has 0 saturated carbocycles. The average Bonchev–Trinajstić information content (AvgIpc) is 2.33. The van der Waals surface area contributed by atoms with Gasteiger partial charge in [0.1, 0.15) is 10.9 Å². The minimum absolute atomic E-state index is 0.264. The van der Waals surface area contributed by atoms with Crippen molar-refractivity contribution in [3.8, 4) is 0 Å². The minimum atomic E-state index is -0.496. The van der Waals surface area contributed by atoms with Crippen molar-refractivity contribution in [3.63, 3.8) is 0 Å². The number of halogens is 1. The van der Waals surface area contributed by atoms with E-state index in [1.165, 1.54) is 12.1 Å². The molecule has 0 fully saturated rings. The van der Waals surface area contributed by atoms with Crippen LogP contribution in [0, 0.1) is 0 Å². The highest BCUT2D eigenvalue weighted by Crippen LogP contribution is 2.18. The van der Waals surface area contributed by atoms with E-state index in [4.69, 9.17) is 0 Å². The van der Waals surface area contributed by atoms with Gasteiger partial charge in [-0.05, 0) is 34.1 Å². The van der Waals surface area contributed by atoms with Gasteiger partial charge in [0.2, 0.25) is 0 Å². The van der Waals surface area contributed by atoms with Crippen LogP contribution >= 0.6 is 15.9 Å². The van der Waals surface area contributed by atoms with Gasteiger partial charge in [0.25, 0.3) is 5.91 Å². The molecule has 0 aliphatic carbocycles. The number of pyridine rings is 1. The number of amides is 1. The summed E-state index contributed by atoms with van der Waals surface area (Å²) in [6.07, 6.45) is 2.71. The maximum absolute atomic E-state index is 11.8. The van der Waals surface area contributed by atoms with Crippen LogP contribution in [0.3, 0.4) is 0 Å². The van der Waals surface area contributed by atoms with E-state index in [-0.39, 0.29) is 11.5 Å². The number of nitrogens with zero attached hydrogens (tertiary/aromatic N) is 1. The number of hydrogen-bond donors (Lipinski definition) is 1. The second kappa shape index (κ2) is 4.92.